The molecule has 5 heteroatoms. The molecule has 0 bridgehead atoms. The lowest BCUT2D eigenvalue weighted by Crippen LogP contribution is -2.17. The first-order chi connectivity index (χ1) is 10.5. The quantitative estimate of drug-likeness (QED) is 0.883. The lowest BCUT2D eigenvalue weighted by atomic mass is 10.0. The van der Waals surface area contributed by atoms with Crippen molar-refractivity contribution in [3.63, 3.8) is 0 Å². The van der Waals surface area contributed by atoms with Crippen molar-refractivity contribution >= 4 is 17.4 Å². The highest BCUT2D eigenvalue weighted by atomic mass is 16.1. The summed E-state index contributed by atoms with van der Waals surface area (Å²) in [6, 6.07) is 8.06. The fraction of sp³-hybridized carbons (Fsp3) is 0.353. The second-order valence-corrected chi connectivity index (χ2v) is 5.78. The molecule has 0 unspecified atom stereocenters. The van der Waals surface area contributed by atoms with Gasteiger partial charge in [-0.1, -0.05) is 32.0 Å². The van der Waals surface area contributed by atoms with Gasteiger partial charge in [0, 0.05) is 11.7 Å². The maximum Gasteiger partial charge on any atom is 0.275 e. The number of carbonyl (C=O) groups is 1. The monoisotopic (exact) mass is 298 g/mol. The van der Waals surface area contributed by atoms with Gasteiger partial charge in [-0.2, -0.15) is 0 Å². The van der Waals surface area contributed by atoms with Crippen molar-refractivity contribution in [2.45, 2.75) is 39.7 Å². The molecule has 22 heavy (non-hydrogen) atoms. The summed E-state index contributed by atoms with van der Waals surface area (Å²) in [5.41, 5.74) is 2.21. The standard InChI is InChI=1S/C17H22N4O/c1-11(2)13-7-5-6-8-14(13)21-17(22)15-9-19-16(10-18-15)20-12(3)4/h5-12H,1-4H3,(H,19,20)(H,21,22). The molecule has 0 aliphatic heterocycles. The van der Waals surface area contributed by atoms with Crippen LogP contribution in [0.2, 0.25) is 0 Å². The number of nitrogens with zero attached hydrogens (tertiary/aromatic N) is 2. The molecular weight excluding hydrogens is 276 g/mol. The van der Waals surface area contributed by atoms with Gasteiger partial charge in [0.2, 0.25) is 0 Å². The van der Waals surface area contributed by atoms with Gasteiger partial charge in [0.1, 0.15) is 11.5 Å². The van der Waals surface area contributed by atoms with E-state index in [2.05, 4.69) is 34.4 Å². The van der Waals surface area contributed by atoms with E-state index in [1.807, 2.05) is 38.1 Å². The summed E-state index contributed by atoms with van der Waals surface area (Å²) in [6.07, 6.45) is 3.06. The number of para-hydroxylation sites is 1. The molecule has 0 radical (unpaired) electrons. The molecule has 0 fully saturated rings. The van der Waals surface area contributed by atoms with E-state index in [-0.39, 0.29) is 11.9 Å². The fourth-order valence-corrected chi connectivity index (χ4v) is 2.12. The first-order valence-electron chi connectivity index (χ1n) is 7.46. The Labute approximate surface area is 131 Å². The molecule has 116 valence electrons. The van der Waals surface area contributed by atoms with Crippen LogP contribution in [0, 0.1) is 0 Å². The van der Waals surface area contributed by atoms with Crippen LogP contribution in [-0.2, 0) is 0 Å². The minimum Gasteiger partial charge on any atom is -0.367 e. The lowest BCUT2D eigenvalue weighted by molar-refractivity contribution is 0.102. The van der Waals surface area contributed by atoms with Crippen LogP contribution in [0.25, 0.3) is 0 Å². The number of nitrogens with one attached hydrogen (secondary N) is 2. The molecule has 1 heterocycles. The van der Waals surface area contributed by atoms with Crippen LogP contribution in [0.15, 0.2) is 36.7 Å². The van der Waals surface area contributed by atoms with E-state index in [0.29, 0.717) is 17.4 Å². The Hall–Kier alpha value is -2.43. The smallest absolute Gasteiger partial charge is 0.275 e. The van der Waals surface area contributed by atoms with Gasteiger partial charge in [-0.25, -0.2) is 9.97 Å². The molecule has 2 N–H and O–H groups in total. The largest absolute Gasteiger partial charge is 0.367 e. The van der Waals surface area contributed by atoms with Gasteiger partial charge in [0.05, 0.1) is 12.4 Å². The Balaban J connectivity index is 2.13. The first-order valence-corrected chi connectivity index (χ1v) is 7.46. The summed E-state index contributed by atoms with van der Waals surface area (Å²) >= 11 is 0. The zero-order chi connectivity index (χ0) is 16.1. The summed E-state index contributed by atoms with van der Waals surface area (Å²) in [5, 5.41) is 6.05. The van der Waals surface area contributed by atoms with Gasteiger partial charge in [-0.15, -0.1) is 0 Å². The molecule has 1 aromatic heterocycles. The number of benzene rings is 1. The van der Waals surface area contributed by atoms with Gasteiger partial charge < -0.3 is 10.6 Å². The minimum atomic E-state index is -0.253. The van der Waals surface area contributed by atoms with Gasteiger partial charge >= 0.3 is 0 Å². The molecule has 2 rings (SSSR count). The highest BCUT2D eigenvalue weighted by Gasteiger charge is 2.12. The van der Waals surface area contributed by atoms with E-state index in [1.54, 1.807) is 6.20 Å². The van der Waals surface area contributed by atoms with Gasteiger partial charge in [-0.05, 0) is 31.4 Å². The third-order valence-corrected chi connectivity index (χ3v) is 3.15. The molecule has 0 saturated heterocycles. The molecule has 0 spiro atoms. The second kappa shape index (κ2) is 7.02. The van der Waals surface area contributed by atoms with Crippen LogP contribution < -0.4 is 10.6 Å². The van der Waals surface area contributed by atoms with Crippen molar-refractivity contribution in [3.05, 3.63) is 47.9 Å². The third kappa shape index (κ3) is 4.04. The predicted molar refractivity (Wildman–Crippen MR) is 89.3 cm³/mol. The average Bonchev–Trinajstić information content (AvgIpc) is 2.47. The molecule has 0 aliphatic rings. The number of carbonyl (C=O) groups excluding carboxylic acids is 1. The molecular formula is C17H22N4O. The third-order valence-electron chi connectivity index (χ3n) is 3.15. The topological polar surface area (TPSA) is 66.9 Å². The van der Waals surface area contributed by atoms with Gasteiger partial charge in [0.25, 0.3) is 5.91 Å². The van der Waals surface area contributed by atoms with Crippen LogP contribution in [0.5, 0.6) is 0 Å². The molecule has 0 aliphatic carbocycles. The first kappa shape index (κ1) is 15.9. The maximum absolute atomic E-state index is 12.3. The van der Waals surface area contributed by atoms with Crippen molar-refractivity contribution in [3.8, 4) is 0 Å². The Morgan fingerprint density at radius 2 is 1.77 bits per heavy atom. The molecule has 1 aromatic carbocycles. The summed E-state index contributed by atoms with van der Waals surface area (Å²) in [4.78, 5) is 20.7. The van der Waals surface area contributed by atoms with E-state index < -0.39 is 0 Å². The number of rotatable bonds is 5. The normalized spacial score (nSPS) is 10.8. The Morgan fingerprint density at radius 3 is 2.36 bits per heavy atom. The van der Waals surface area contributed by atoms with Crippen molar-refractivity contribution in [2.75, 3.05) is 10.6 Å². The van der Waals surface area contributed by atoms with Crippen LogP contribution in [-0.4, -0.2) is 21.9 Å². The Morgan fingerprint density at radius 1 is 1.05 bits per heavy atom. The van der Waals surface area contributed by atoms with Crippen molar-refractivity contribution in [1.29, 1.82) is 0 Å². The molecule has 2 aromatic rings. The Kier molecular flexibility index (Phi) is 5.09. The van der Waals surface area contributed by atoms with Crippen molar-refractivity contribution in [1.82, 2.24) is 9.97 Å². The SMILES string of the molecule is CC(C)Nc1cnc(C(=O)Nc2ccccc2C(C)C)cn1. The summed E-state index contributed by atoms with van der Waals surface area (Å²) in [6.45, 7) is 8.23. The molecule has 0 atom stereocenters. The van der Waals surface area contributed by atoms with E-state index >= 15 is 0 Å². The van der Waals surface area contributed by atoms with E-state index in [9.17, 15) is 4.79 Å². The van der Waals surface area contributed by atoms with E-state index in [0.717, 1.165) is 11.3 Å². The number of hydrogen-bond donors (Lipinski definition) is 2. The number of anilines is 2. The van der Waals surface area contributed by atoms with E-state index in [4.69, 9.17) is 0 Å². The van der Waals surface area contributed by atoms with Gasteiger partial charge in [0.15, 0.2) is 0 Å². The fourth-order valence-electron chi connectivity index (χ4n) is 2.12. The zero-order valence-corrected chi connectivity index (χ0v) is 13.4. The van der Waals surface area contributed by atoms with Crippen LogP contribution >= 0.6 is 0 Å². The highest BCUT2D eigenvalue weighted by Crippen LogP contribution is 2.24. The average molecular weight is 298 g/mol. The van der Waals surface area contributed by atoms with Crippen LogP contribution in [0.4, 0.5) is 11.5 Å². The van der Waals surface area contributed by atoms with E-state index in [1.165, 1.54) is 6.20 Å². The minimum absolute atomic E-state index is 0.253. The van der Waals surface area contributed by atoms with Gasteiger partial charge in [-0.3, -0.25) is 4.79 Å². The Bertz CT molecular complexity index is 635. The molecule has 0 saturated carbocycles. The summed E-state index contributed by atoms with van der Waals surface area (Å²) in [5.74, 6) is 0.742. The number of aromatic nitrogens is 2. The molecule has 1 amide bonds. The highest BCUT2D eigenvalue weighted by molar-refractivity contribution is 6.03. The zero-order valence-electron chi connectivity index (χ0n) is 13.4. The summed E-state index contributed by atoms with van der Waals surface area (Å²) in [7, 11) is 0. The number of hydrogen-bond acceptors (Lipinski definition) is 4. The van der Waals surface area contributed by atoms with Crippen molar-refractivity contribution < 1.29 is 4.79 Å². The van der Waals surface area contributed by atoms with Crippen LogP contribution in [0.3, 0.4) is 0 Å². The van der Waals surface area contributed by atoms with Crippen LogP contribution in [0.1, 0.15) is 49.7 Å². The molecule has 5 nitrogen and oxygen atoms in total. The lowest BCUT2D eigenvalue weighted by Gasteiger charge is -2.13. The summed E-state index contributed by atoms with van der Waals surface area (Å²) < 4.78 is 0. The maximum atomic E-state index is 12.3. The second-order valence-electron chi connectivity index (χ2n) is 5.78. The number of amides is 1. The predicted octanol–water partition coefficient (Wildman–Crippen LogP) is 3.67. The van der Waals surface area contributed by atoms with Crippen molar-refractivity contribution in [2.24, 2.45) is 0 Å².